The summed E-state index contributed by atoms with van der Waals surface area (Å²) < 4.78 is 0. The van der Waals surface area contributed by atoms with Gasteiger partial charge in [-0.3, -0.25) is 4.79 Å². The van der Waals surface area contributed by atoms with Gasteiger partial charge in [-0.25, -0.2) is 0 Å². The summed E-state index contributed by atoms with van der Waals surface area (Å²) in [5.41, 5.74) is 3.04. The van der Waals surface area contributed by atoms with Crippen LogP contribution in [0.3, 0.4) is 0 Å². The van der Waals surface area contributed by atoms with Gasteiger partial charge in [0.25, 0.3) is 5.91 Å². The second-order valence-electron chi connectivity index (χ2n) is 7.38. The van der Waals surface area contributed by atoms with Gasteiger partial charge >= 0.3 is 0 Å². The van der Waals surface area contributed by atoms with Gasteiger partial charge in [-0.15, -0.1) is 0 Å². The summed E-state index contributed by atoms with van der Waals surface area (Å²) in [6.07, 6.45) is 7.20. The van der Waals surface area contributed by atoms with Crippen LogP contribution in [0.15, 0.2) is 94.7 Å². The number of amides is 1. The lowest BCUT2D eigenvalue weighted by Gasteiger charge is -2.31. The zero-order valence-corrected chi connectivity index (χ0v) is 18.0. The van der Waals surface area contributed by atoms with Crippen molar-refractivity contribution in [1.29, 1.82) is 0 Å². The fourth-order valence-corrected chi connectivity index (χ4v) is 4.63. The van der Waals surface area contributed by atoms with Crippen LogP contribution in [0.25, 0.3) is 6.08 Å². The number of nitrogens with one attached hydrogen (secondary N) is 1. The lowest BCUT2D eigenvalue weighted by atomic mass is 9.95. The number of hydrogen-bond acceptors (Lipinski definition) is 5. The highest BCUT2D eigenvalue weighted by Gasteiger charge is 2.37. The van der Waals surface area contributed by atoms with Gasteiger partial charge in [-0.1, -0.05) is 78.5 Å². The quantitative estimate of drug-likeness (QED) is 0.342. The van der Waals surface area contributed by atoms with E-state index in [1.54, 1.807) is 42.5 Å². The number of aliphatic hydroxyl groups excluding tert-OH is 1. The van der Waals surface area contributed by atoms with Crippen LogP contribution in [0.1, 0.15) is 32.6 Å². The summed E-state index contributed by atoms with van der Waals surface area (Å²) in [4.78, 5) is 14.2. The highest BCUT2D eigenvalue weighted by atomic mass is 32.2. The second-order valence-corrected chi connectivity index (χ2v) is 8.46. The van der Waals surface area contributed by atoms with E-state index in [1.165, 1.54) is 11.8 Å². The molecule has 162 valence electrons. The van der Waals surface area contributed by atoms with Crippen molar-refractivity contribution in [3.05, 3.63) is 113 Å². The van der Waals surface area contributed by atoms with Crippen LogP contribution in [0.2, 0.25) is 0 Å². The Balaban J connectivity index is 1.44. The first kappa shape index (κ1) is 22.0. The standard InChI is InChI=1S/C26H23NO4S/c28-15-5-1-2-6-18-9-11-19(12-10-18)17-27-25(29)20-13-14-24-22(16-20)26(30,31)21-7-3-4-8-23(21)32-24/h1-14,16,28,30-31H,15,17H2,(H,27,29)/b5-1+,6-2+. The minimum absolute atomic E-state index is 0.0108. The van der Waals surface area contributed by atoms with Crippen molar-refractivity contribution in [3.63, 3.8) is 0 Å². The van der Waals surface area contributed by atoms with E-state index in [9.17, 15) is 15.0 Å². The van der Waals surface area contributed by atoms with Crippen molar-refractivity contribution < 1.29 is 20.1 Å². The Morgan fingerprint density at radius 3 is 2.47 bits per heavy atom. The third kappa shape index (κ3) is 4.69. The fourth-order valence-electron chi connectivity index (χ4n) is 3.48. The van der Waals surface area contributed by atoms with E-state index >= 15 is 0 Å². The molecule has 1 aliphatic heterocycles. The van der Waals surface area contributed by atoms with Gasteiger partial charge in [0.05, 0.1) is 6.61 Å². The minimum Gasteiger partial charge on any atom is -0.392 e. The van der Waals surface area contributed by atoms with Gasteiger partial charge in [0.2, 0.25) is 5.79 Å². The maximum absolute atomic E-state index is 12.7. The first-order valence-electron chi connectivity index (χ1n) is 10.2. The number of aliphatic hydroxyl groups is 3. The predicted octanol–water partition coefficient (Wildman–Crippen LogP) is 3.83. The summed E-state index contributed by atoms with van der Waals surface area (Å²) in [7, 11) is 0. The molecule has 1 aliphatic rings. The molecule has 0 radical (unpaired) electrons. The molecule has 0 saturated heterocycles. The van der Waals surface area contributed by atoms with Gasteiger partial charge < -0.3 is 20.6 Å². The number of hydrogen-bond donors (Lipinski definition) is 4. The van der Waals surface area contributed by atoms with Gasteiger partial charge in [0.15, 0.2) is 0 Å². The molecule has 4 rings (SSSR count). The fraction of sp³-hybridized carbons (Fsp3) is 0.115. The Kier molecular flexibility index (Phi) is 6.58. The molecular formula is C26H23NO4S. The van der Waals surface area contributed by atoms with E-state index in [0.717, 1.165) is 16.0 Å². The Hall–Kier alpha value is -3.16. The molecule has 6 heteroatoms. The normalized spacial score (nSPS) is 14.3. The van der Waals surface area contributed by atoms with Crippen molar-refractivity contribution >= 4 is 23.7 Å². The number of rotatable bonds is 6. The van der Waals surface area contributed by atoms with E-state index in [1.807, 2.05) is 48.6 Å². The molecule has 0 unspecified atom stereocenters. The van der Waals surface area contributed by atoms with Crippen molar-refractivity contribution in [2.45, 2.75) is 22.1 Å². The summed E-state index contributed by atoms with van der Waals surface area (Å²) in [6, 6.07) is 19.9. The summed E-state index contributed by atoms with van der Waals surface area (Å²) in [5, 5.41) is 33.2. The zero-order chi connectivity index (χ0) is 22.6. The smallest absolute Gasteiger partial charge is 0.251 e. The predicted molar refractivity (Wildman–Crippen MR) is 125 cm³/mol. The van der Waals surface area contributed by atoms with E-state index in [2.05, 4.69) is 5.32 Å². The number of fused-ring (bicyclic) bond motifs is 2. The third-order valence-corrected chi connectivity index (χ3v) is 6.33. The van der Waals surface area contributed by atoms with Crippen molar-refractivity contribution in [2.24, 2.45) is 0 Å². The highest BCUT2D eigenvalue weighted by molar-refractivity contribution is 7.99. The summed E-state index contributed by atoms with van der Waals surface area (Å²) in [6.45, 7) is 0.363. The molecule has 3 aromatic rings. The molecule has 0 bridgehead atoms. The lowest BCUT2D eigenvalue weighted by Crippen LogP contribution is -2.31. The number of carbonyl (C=O) groups excluding carboxylic acids is 1. The molecule has 32 heavy (non-hydrogen) atoms. The average Bonchev–Trinajstić information content (AvgIpc) is 2.81. The van der Waals surface area contributed by atoms with Crippen molar-refractivity contribution in [2.75, 3.05) is 6.61 Å². The maximum atomic E-state index is 12.7. The van der Waals surface area contributed by atoms with Gasteiger partial charge in [0.1, 0.15) is 0 Å². The van der Waals surface area contributed by atoms with Crippen LogP contribution < -0.4 is 5.32 Å². The van der Waals surface area contributed by atoms with Crippen LogP contribution in [-0.2, 0) is 12.3 Å². The Bertz CT molecular complexity index is 1180. The lowest BCUT2D eigenvalue weighted by molar-refractivity contribution is -0.136. The van der Waals surface area contributed by atoms with Crippen LogP contribution in [0, 0.1) is 0 Å². The molecule has 4 N–H and O–H groups in total. The molecule has 1 heterocycles. The summed E-state index contributed by atoms with van der Waals surface area (Å²) in [5.74, 6) is -2.44. The van der Waals surface area contributed by atoms with Crippen LogP contribution >= 0.6 is 11.8 Å². The Labute approximate surface area is 190 Å². The first-order chi connectivity index (χ1) is 15.5. The third-order valence-electron chi connectivity index (χ3n) is 5.17. The number of benzene rings is 3. The van der Waals surface area contributed by atoms with Gasteiger partial charge in [0, 0.05) is 33.0 Å². The second kappa shape index (κ2) is 9.54. The average molecular weight is 446 g/mol. The first-order valence-corrected chi connectivity index (χ1v) is 11.0. The SMILES string of the molecule is O=C(NCc1ccc(/C=C/C=C/CO)cc1)c1ccc2c(c1)C(O)(O)c1ccccc1S2. The van der Waals surface area contributed by atoms with Crippen LogP contribution in [0.4, 0.5) is 0 Å². The maximum Gasteiger partial charge on any atom is 0.251 e. The highest BCUT2D eigenvalue weighted by Crippen LogP contribution is 2.46. The van der Waals surface area contributed by atoms with Crippen molar-refractivity contribution in [3.8, 4) is 0 Å². The molecule has 5 nitrogen and oxygen atoms in total. The largest absolute Gasteiger partial charge is 0.392 e. The van der Waals surface area contributed by atoms with E-state index in [4.69, 9.17) is 5.11 Å². The van der Waals surface area contributed by atoms with Crippen LogP contribution in [-0.4, -0.2) is 27.8 Å². The van der Waals surface area contributed by atoms with Crippen molar-refractivity contribution in [1.82, 2.24) is 5.32 Å². The molecule has 3 aromatic carbocycles. The zero-order valence-electron chi connectivity index (χ0n) is 17.2. The number of allylic oxidation sites excluding steroid dienone is 2. The number of carbonyl (C=O) groups is 1. The Morgan fingerprint density at radius 1 is 0.938 bits per heavy atom. The van der Waals surface area contributed by atoms with E-state index < -0.39 is 5.79 Å². The molecule has 0 fully saturated rings. The van der Waals surface area contributed by atoms with Gasteiger partial charge in [-0.05, 0) is 35.4 Å². The topological polar surface area (TPSA) is 89.8 Å². The summed E-state index contributed by atoms with van der Waals surface area (Å²) >= 11 is 1.45. The molecule has 0 saturated carbocycles. The molecular weight excluding hydrogens is 422 g/mol. The van der Waals surface area contributed by atoms with E-state index in [0.29, 0.717) is 28.1 Å². The van der Waals surface area contributed by atoms with Crippen LogP contribution in [0.5, 0.6) is 0 Å². The minimum atomic E-state index is -2.15. The molecule has 0 atom stereocenters. The molecule has 1 amide bonds. The van der Waals surface area contributed by atoms with Gasteiger partial charge in [-0.2, -0.15) is 0 Å². The van der Waals surface area contributed by atoms with E-state index in [-0.39, 0.29) is 12.5 Å². The Morgan fingerprint density at radius 2 is 1.69 bits per heavy atom. The molecule has 0 spiro atoms. The monoisotopic (exact) mass is 445 g/mol. The molecule has 0 aromatic heterocycles. The molecule has 0 aliphatic carbocycles.